The Morgan fingerprint density at radius 1 is 1.11 bits per heavy atom. The van der Waals surface area contributed by atoms with E-state index in [0.717, 1.165) is 16.8 Å². The number of furan rings is 1. The maximum absolute atomic E-state index is 13.8. The molecular weight excluding hydrogens is 524 g/mol. The van der Waals surface area contributed by atoms with E-state index in [1.165, 1.54) is 16.7 Å². The standard InChI is InChI=1S/C28H29ClN4O4S/c1-27(2,3)18-12-19(16-6-8-17(29)9-7-16)30-20-13-22(37-23(18)20)24(34)33-11-10-32(15-28(33,4)5)26-31-21(14-38-26)25(35)36/h6-9,12-14H,10-11,15H2,1-5H3,(H,35,36). The maximum Gasteiger partial charge on any atom is 0.355 e. The van der Waals surface area contributed by atoms with Gasteiger partial charge in [-0.15, -0.1) is 11.3 Å². The van der Waals surface area contributed by atoms with Crippen LogP contribution in [-0.2, 0) is 5.41 Å². The number of thiazole rings is 1. The van der Waals surface area contributed by atoms with Gasteiger partial charge in [0.1, 0.15) is 5.52 Å². The van der Waals surface area contributed by atoms with Gasteiger partial charge in [0.2, 0.25) is 0 Å². The highest BCUT2D eigenvalue weighted by Gasteiger charge is 2.39. The van der Waals surface area contributed by atoms with Crippen LogP contribution in [0, 0.1) is 0 Å². The third-order valence-corrected chi connectivity index (χ3v) is 7.92. The molecule has 10 heteroatoms. The maximum atomic E-state index is 13.8. The molecule has 0 atom stereocenters. The molecule has 0 aliphatic carbocycles. The molecular formula is C28H29ClN4O4S. The molecule has 38 heavy (non-hydrogen) atoms. The number of rotatable bonds is 4. The lowest BCUT2D eigenvalue weighted by Gasteiger charge is -2.46. The molecule has 1 aliphatic heterocycles. The summed E-state index contributed by atoms with van der Waals surface area (Å²) < 4.78 is 6.22. The Kier molecular flexibility index (Phi) is 6.47. The zero-order valence-electron chi connectivity index (χ0n) is 21.9. The van der Waals surface area contributed by atoms with E-state index in [1.807, 2.05) is 54.0 Å². The number of carboxylic acid groups (broad SMARTS) is 1. The van der Waals surface area contributed by atoms with Gasteiger partial charge in [-0.1, -0.05) is 44.5 Å². The summed E-state index contributed by atoms with van der Waals surface area (Å²) in [6, 6.07) is 11.3. The van der Waals surface area contributed by atoms with Crippen LogP contribution in [0.1, 0.15) is 61.2 Å². The third-order valence-electron chi connectivity index (χ3n) is 6.77. The second kappa shape index (κ2) is 9.39. The summed E-state index contributed by atoms with van der Waals surface area (Å²) in [7, 11) is 0. The van der Waals surface area contributed by atoms with Crippen LogP contribution in [0.2, 0.25) is 5.02 Å². The van der Waals surface area contributed by atoms with E-state index in [4.69, 9.17) is 21.0 Å². The van der Waals surface area contributed by atoms with E-state index in [-0.39, 0.29) is 22.8 Å². The average Bonchev–Trinajstić information content (AvgIpc) is 3.50. The second-order valence-corrected chi connectivity index (χ2v) is 12.4. The average molecular weight is 553 g/mol. The molecule has 198 valence electrons. The number of aromatic nitrogens is 2. The minimum Gasteiger partial charge on any atom is -0.476 e. The number of carboxylic acids is 1. The SMILES string of the molecule is CC(C)(C)c1cc(-c2ccc(Cl)cc2)nc2cc(C(=O)N3CCN(c4nc(C(=O)O)cs4)CC3(C)C)oc12. The number of benzene rings is 1. The van der Waals surface area contributed by atoms with Gasteiger partial charge in [-0.25, -0.2) is 14.8 Å². The molecule has 1 fully saturated rings. The normalized spacial score (nSPS) is 15.7. The molecule has 1 aromatic carbocycles. The quantitative estimate of drug-likeness (QED) is 0.315. The molecule has 0 unspecified atom stereocenters. The van der Waals surface area contributed by atoms with Crippen molar-refractivity contribution in [1.82, 2.24) is 14.9 Å². The molecule has 1 N–H and O–H groups in total. The van der Waals surface area contributed by atoms with Gasteiger partial charge in [0.05, 0.1) is 11.2 Å². The number of carbonyl (C=O) groups excluding carboxylic acids is 1. The molecule has 4 aromatic rings. The van der Waals surface area contributed by atoms with Crippen LogP contribution in [0.25, 0.3) is 22.4 Å². The number of amides is 1. The van der Waals surface area contributed by atoms with Gasteiger partial charge in [0, 0.05) is 47.2 Å². The summed E-state index contributed by atoms with van der Waals surface area (Å²) in [5.74, 6) is -1.01. The smallest absolute Gasteiger partial charge is 0.355 e. The fraction of sp³-hybridized carbons (Fsp3) is 0.357. The van der Waals surface area contributed by atoms with Gasteiger partial charge < -0.3 is 19.3 Å². The lowest BCUT2D eigenvalue weighted by atomic mass is 9.86. The van der Waals surface area contributed by atoms with Crippen molar-refractivity contribution >= 4 is 51.0 Å². The molecule has 0 spiro atoms. The van der Waals surface area contributed by atoms with E-state index in [0.29, 0.717) is 40.9 Å². The van der Waals surface area contributed by atoms with Gasteiger partial charge in [-0.05, 0) is 37.5 Å². The zero-order valence-corrected chi connectivity index (χ0v) is 23.5. The van der Waals surface area contributed by atoms with Crippen LogP contribution in [0.15, 0.2) is 46.2 Å². The van der Waals surface area contributed by atoms with Crippen molar-refractivity contribution in [2.45, 2.75) is 45.6 Å². The molecule has 0 radical (unpaired) electrons. The van der Waals surface area contributed by atoms with E-state index in [2.05, 4.69) is 25.8 Å². The summed E-state index contributed by atoms with van der Waals surface area (Å²) in [4.78, 5) is 37.9. The van der Waals surface area contributed by atoms with Crippen molar-refractivity contribution < 1.29 is 19.1 Å². The van der Waals surface area contributed by atoms with Crippen molar-refractivity contribution in [3.63, 3.8) is 0 Å². The van der Waals surface area contributed by atoms with E-state index in [9.17, 15) is 14.7 Å². The van der Waals surface area contributed by atoms with Crippen LogP contribution in [0.4, 0.5) is 5.13 Å². The molecule has 0 bridgehead atoms. The first-order chi connectivity index (χ1) is 17.8. The molecule has 3 aromatic heterocycles. The van der Waals surface area contributed by atoms with Crippen LogP contribution >= 0.6 is 22.9 Å². The first kappa shape index (κ1) is 26.2. The van der Waals surface area contributed by atoms with Gasteiger partial charge in [-0.3, -0.25) is 4.79 Å². The van der Waals surface area contributed by atoms with Crippen molar-refractivity contribution in [2.24, 2.45) is 0 Å². The monoisotopic (exact) mass is 552 g/mol. The Morgan fingerprint density at radius 2 is 1.82 bits per heavy atom. The Hall–Kier alpha value is -3.43. The number of hydrogen-bond acceptors (Lipinski definition) is 7. The number of fused-ring (bicyclic) bond motifs is 1. The first-order valence-electron chi connectivity index (χ1n) is 12.3. The Balaban J connectivity index is 1.46. The fourth-order valence-electron chi connectivity index (χ4n) is 4.79. The Labute approximate surface area is 229 Å². The van der Waals surface area contributed by atoms with Crippen molar-refractivity contribution in [3.8, 4) is 11.3 Å². The van der Waals surface area contributed by atoms with Gasteiger partial charge in [-0.2, -0.15) is 0 Å². The lowest BCUT2D eigenvalue weighted by molar-refractivity contribution is 0.0484. The topological polar surface area (TPSA) is 99.8 Å². The molecule has 1 saturated heterocycles. The second-order valence-electron chi connectivity index (χ2n) is 11.1. The summed E-state index contributed by atoms with van der Waals surface area (Å²) in [5.41, 5.74) is 3.17. The number of pyridine rings is 1. The fourth-order valence-corrected chi connectivity index (χ4v) is 5.74. The van der Waals surface area contributed by atoms with Gasteiger partial charge >= 0.3 is 5.97 Å². The predicted molar refractivity (Wildman–Crippen MR) is 150 cm³/mol. The number of carbonyl (C=O) groups is 2. The molecule has 5 rings (SSSR count). The summed E-state index contributed by atoms with van der Waals surface area (Å²) in [5, 5.41) is 12.0. The van der Waals surface area contributed by atoms with Crippen LogP contribution < -0.4 is 4.90 Å². The van der Waals surface area contributed by atoms with Crippen molar-refractivity contribution in [3.05, 3.63) is 63.8 Å². The first-order valence-corrected chi connectivity index (χ1v) is 13.6. The highest BCUT2D eigenvalue weighted by Crippen LogP contribution is 2.36. The summed E-state index contributed by atoms with van der Waals surface area (Å²) >= 11 is 7.38. The largest absolute Gasteiger partial charge is 0.476 e. The molecule has 0 saturated carbocycles. The van der Waals surface area contributed by atoms with E-state index >= 15 is 0 Å². The van der Waals surface area contributed by atoms with Crippen LogP contribution in [0.5, 0.6) is 0 Å². The molecule has 1 amide bonds. The van der Waals surface area contributed by atoms with Crippen molar-refractivity contribution in [1.29, 1.82) is 0 Å². The minimum atomic E-state index is -1.05. The highest BCUT2D eigenvalue weighted by molar-refractivity contribution is 7.13. The number of hydrogen-bond donors (Lipinski definition) is 1. The summed E-state index contributed by atoms with van der Waals surface area (Å²) in [6.45, 7) is 11.8. The number of nitrogens with zero attached hydrogens (tertiary/aromatic N) is 4. The number of aromatic carboxylic acids is 1. The van der Waals surface area contributed by atoms with Gasteiger partial charge in [0.25, 0.3) is 5.91 Å². The Morgan fingerprint density at radius 3 is 2.42 bits per heavy atom. The third kappa shape index (κ3) is 4.88. The molecule has 8 nitrogen and oxygen atoms in total. The predicted octanol–water partition coefficient (Wildman–Crippen LogP) is 6.34. The lowest BCUT2D eigenvalue weighted by Crippen LogP contribution is -2.61. The van der Waals surface area contributed by atoms with Crippen LogP contribution in [0.3, 0.4) is 0 Å². The number of anilines is 1. The van der Waals surface area contributed by atoms with E-state index in [1.54, 1.807) is 6.07 Å². The van der Waals surface area contributed by atoms with E-state index < -0.39 is 11.5 Å². The minimum absolute atomic E-state index is 0.0312. The van der Waals surface area contributed by atoms with Crippen LogP contribution in [-0.4, -0.2) is 57.0 Å². The number of piperazine rings is 1. The number of halogens is 1. The highest BCUT2D eigenvalue weighted by atomic mass is 35.5. The Bertz CT molecular complexity index is 1530. The molecule has 4 heterocycles. The summed E-state index contributed by atoms with van der Waals surface area (Å²) in [6.07, 6.45) is 0. The van der Waals surface area contributed by atoms with Crippen molar-refractivity contribution in [2.75, 3.05) is 24.5 Å². The molecule has 1 aliphatic rings. The zero-order chi connectivity index (χ0) is 27.4. The van der Waals surface area contributed by atoms with Gasteiger partial charge in [0.15, 0.2) is 22.2 Å².